The summed E-state index contributed by atoms with van der Waals surface area (Å²) < 4.78 is 10.5. The molecule has 27 heavy (non-hydrogen) atoms. The van der Waals surface area contributed by atoms with Crippen molar-refractivity contribution in [3.05, 3.63) is 17.0 Å². The van der Waals surface area contributed by atoms with Crippen LogP contribution in [0.2, 0.25) is 0 Å². The molecule has 0 bridgehead atoms. The number of urea groups is 1. The summed E-state index contributed by atoms with van der Waals surface area (Å²) in [4.78, 5) is 27.2. The van der Waals surface area contributed by atoms with E-state index in [1.165, 1.54) is 0 Å². The van der Waals surface area contributed by atoms with Crippen LogP contribution < -0.4 is 5.32 Å². The number of amides is 2. The van der Waals surface area contributed by atoms with Crippen molar-refractivity contribution in [3.63, 3.8) is 0 Å². The first-order chi connectivity index (χ1) is 13.0. The van der Waals surface area contributed by atoms with E-state index in [9.17, 15) is 9.59 Å². The third-order valence-electron chi connectivity index (χ3n) is 5.91. The first kappa shape index (κ1) is 19.7. The number of nitrogens with one attached hydrogen (secondary N) is 1. The molecule has 1 atom stereocenters. The minimum atomic E-state index is -0.493. The lowest BCUT2D eigenvalue weighted by Crippen LogP contribution is -2.55. The molecule has 1 aliphatic carbocycles. The Labute approximate surface area is 160 Å². The number of esters is 1. The van der Waals surface area contributed by atoms with Crippen LogP contribution in [-0.4, -0.2) is 40.7 Å². The fourth-order valence-corrected chi connectivity index (χ4v) is 4.64. The molecule has 3 rings (SSSR count). The fourth-order valence-electron chi connectivity index (χ4n) is 4.64. The molecular weight excluding hydrogens is 346 g/mol. The second-order valence-corrected chi connectivity index (χ2v) is 7.84. The number of rotatable bonds is 5. The average Bonchev–Trinajstić information content (AvgIpc) is 3.22. The average molecular weight is 377 g/mol. The molecule has 1 aromatic heterocycles. The molecule has 1 aliphatic heterocycles. The van der Waals surface area contributed by atoms with Crippen LogP contribution in [0, 0.1) is 13.8 Å². The summed E-state index contributed by atoms with van der Waals surface area (Å²) in [5.74, 6) is 0.541. The molecule has 0 radical (unpaired) electrons. The summed E-state index contributed by atoms with van der Waals surface area (Å²) in [7, 11) is 0. The van der Waals surface area contributed by atoms with Gasteiger partial charge >= 0.3 is 12.0 Å². The first-order valence-corrected chi connectivity index (χ1v) is 10.1. The van der Waals surface area contributed by atoms with Crippen molar-refractivity contribution in [1.82, 2.24) is 15.4 Å². The number of nitrogens with zero attached hydrogens (tertiary/aromatic N) is 2. The molecule has 1 saturated carbocycles. The Morgan fingerprint density at radius 2 is 2.00 bits per heavy atom. The van der Waals surface area contributed by atoms with E-state index in [-0.39, 0.29) is 24.5 Å². The Hall–Kier alpha value is -2.05. The van der Waals surface area contributed by atoms with E-state index in [0.717, 1.165) is 62.0 Å². The summed E-state index contributed by atoms with van der Waals surface area (Å²) in [6, 6.07) is -0.108. The van der Waals surface area contributed by atoms with Crippen LogP contribution in [0.4, 0.5) is 4.79 Å². The molecule has 2 heterocycles. The normalized spacial score (nSPS) is 21.9. The molecule has 1 saturated heterocycles. The van der Waals surface area contributed by atoms with Crippen molar-refractivity contribution in [3.8, 4) is 0 Å². The van der Waals surface area contributed by atoms with Gasteiger partial charge in [-0.3, -0.25) is 4.79 Å². The summed E-state index contributed by atoms with van der Waals surface area (Å²) in [6.45, 7) is 6.69. The van der Waals surface area contributed by atoms with Gasteiger partial charge in [-0.25, -0.2) is 4.79 Å². The summed E-state index contributed by atoms with van der Waals surface area (Å²) in [6.07, 6.45) is 6.93. The number of aromatic nitrogens is 1. The Morgan fingerprint density at radius 3 is 2.63 bits per heavy atom. The van der Waals surface area contributed by atoms with Crippen LogP contribution in [0.1, 0.15) is 81.3 Å². The molecular formula is C20H31N3O4. The molecule has 150 valence electrons. The van der Waals surface area contributed by atoms with Crippen LogP contribution in [0.3, 0.4) is 0 Å². The summed E-state index contributed by atoms with van der Waals surface area (Å²) >= 11 is 0. The Bertz CT molecular complexity index is 659. The quantitative estimate of drug-likeness (QED) is 0.789. The summed E-state index contributed by atoms with van der Waals surface area (Å²) in [5.41, 5.74) is 1.37. The largest absolute Gasteiger partial charge is 0.466 e. The number of hydrogen-bond acceptors (Lipinski definition) is 5. The van der Waals surface area contributed by atoms with E-state index in [0.29, 0.717) is 13.2 Å². The minimum Gasteiger partial charge on any atom is -0.466 e. The smallest absolute Gasteiger partial charge is 0.318 e. The van der Waals surface area contributed by atoms with Gasteiger partial charge in [0.2, 0.25) is 0 Å². The third-order valence-corrected chi connectivity index (χ3v) is 5.91. The van der Waals surface area contributed by atoms with Gasteiger partial charge in [-0.05, 0) is 46.5 Å². The van der Waals surface area contributed by atoms with E-state index in [2.05, 4.69) is 10.5 Å². The molecule has 2 aliphatic rings. The van der Waals surface area contributed by atoms with Gasteiger partial charge in [0.15, 0.2) is 0 Å². The standard InChI is InChI=1S/C20H31N3O4/c1-4-26-17(24)13-20(10-6-5-7-11-20)21-19(25)23-12-8-9-16(23)18-14(2)22-27-15(18)3/h16H,4-13H2,1-3H3,(H,21,25). The number of likely N-dealkylation sites (tertiary alicyclic amines) is 1. The van der Waals surface area contributed by atoms with Crippen LogP contribution in [0.25, 0.3) is 0 Å². The van der Waals surface area contributed by atoms with Crippen LogP contribution in [0.15, 0.2) is 4.52 Å². The van der Waals surface area contributed by atoms with Gasteiger partial charge in [-0.1, -0.05) is 24.4 Å². The maximum absolute atomic E-state index is 13.2. The number of carbonyl (C=O) groups excluding carboxylic acids is 2. The zero-order valence-electron chi connectivity index (χ0n) is 16.7. The topological polar surface area (TPSA) is 84.7 Å². The second kappa shape index (κ2) is 8.31. The van der Waals surface area contributed by atoms with E-state index in [1.54, 1.807) is 0 Å². The van der Waals surface area contributed by atoms with E-state index < -0.39 is 5.54 Å². The molecule has 0 spiro atoms. The van der Waals surface area contributed by atoms with Crippen molar-refractivity contribution < 1.29 is 18.8 Å². The molecule has 1 N–H and O–H groups in total. The zero-order valence-corrected chi connectivity index (χ0v) is 16.7. The third kappa shape index (κ3) is 4.28. The highest BCUT2D eigenvalue weighted by molar-refractivity contribution is 5.78. The van der Waals surface area contributed by atoms with Gasteiger partial charge in [0.05, 0.1) is 30.3 Å². The lowest BCUT2D eigenvalue weighted by atomic mass is 9.79. The fraction of sp³-hybridized carbons (Fsp3) is 0.750. The number of ether oxygens (including phenoxy) is 1. The van der Waals surface area contributed by atoms with Gasteiger partial charge in [-0.2, -0.15) is 0 Å². The number of aryl methyl sites for hydroxylation is 2. The van der Waals surface area contributed by atoms with Gasteiger partial charge in [0, 0.05) is 12.1 Å². The molecule has 2 fully saturated rings. The van der Waals surface area contributed by atoms with Gasteiger partial charge in [0.25, 0.3) is 0 Å². The van der Waals surface area contributed by atoms with Gasteiger partial charge < -0.3 is 19.5 Å². The predicted octanol–water partition coefficient (Wildman–Crippen LogP) is 3.79. The van der Waals surface area contributed by atoms with Crippen molar-refractivity contribution in [2.24, 2.45) is 0 Å². The van der Waals surface area contributed by atoms with E-state index in [4.69, 9.17) is 9.26 Å². The molecule has 7 nitrogen and oxygen atoms in total. The monoisotopic (exact) mass is 377 g/mol. The lowest BCUT2D eigenvalue weighted by Gasteiger charge is -2.39. The number of carbonyl (C=O) groups is 2. The summed E-state index contributed by atoms with van der Waals surface area (Å²) in [5, 5.41) is 7.28. The van der Waals surface area contributed by atoms with Gasteiger partial charge in [0.1, 0.15) is 5.76 Å². The molecule has 1 unspecified atom stereocenters. The van der Waals surface area contributed by atoms with Crippen molar-refractivity contribution in [2.75, 3.05) is 13.2 Å². The van der Waals surface area contributed by atoms with Gasteiger partial charge in [-0.15, -0.1) is 0 Å². The first-order valence-electron chi connectivity index (χ1n) is 10.1. The highest BCUT2D eigenvalue weighted by Gasteiger charge is 2.40. The van der Waals surface area contributed by atoms with Crippen molar-refractivity contribution in [2.45, 2.75) is 83.7 Å². The maximum atomic E-state index is 13.2. The minimum absolute atomic E-state index is 0.0144. The van der Waals surface area contributed by atoms with Crippen LogP contribution in [0.5, 0.6) is 0 Å². The molecule has 7 heteroatoms. The highest BCUT2D eigenvalue weighted by Crippen LogP contribution is 2.37. The Balaban J connectivity index is 1.75. The maximum Gasteiger partial charge on any atom is 0.318 e. The second-order valence-electron chi connectivity index (χ2n) is 7.84. The molecule has 1 aromatic rings. The van der Waals surface area contributed by atoms with Crippen molar-refractivity contribution >= 4 is 12.0 Å². The highest BCUT2D eigenvalue weighted by atomic mass is 16.5. The van der Waals surface area contributed by atoms with E-state index in [1.807, 2.05) is 25.7 Å². The van der Waals surface area contributed by atoms with Crippen molar-refractivity contribution in [1.29, 1.82) is 0 Å². The van der Waals surface area contributed by atoms with Crippen LogP contribution in [-0.2, 0) is 9.53 Å². The lowest BCUT2D eigenvalue weighted by molar-refractivity contribution is -0.145. The predicted molar refractivity (Wildman–Crippen MR) is 100 cm³/mol. The van der Waals surface area contributed by atoms with E-state index >= 15 is 0 Å². The zero-order chi connectivity index (χ0) is 19.4. The Morgan fingerprint density at radius 1 is 1.26 bits per heavy atom. The van der Waals surface area contributed by atoms with Crippen LogP contribution >= 0.6 is 0 Å². The SMILES string of the molecule is CCOC(=O)CC1(NC(=O)N2CCCC2c2c(C)noc2C)CCCCC1. The number of hydrogen-bond donors (Lipinski definition) is 1. The molecule has 2 amide bonds. The Kier molecular flexibility index (Phi) is 6.07. The molecule has 0 aromatic carbocycles.